The van der Waals surface area contributed by atoms with Crippen molar-refractivity contribution in [2.24, 2.45) is 0 Å². The molecule has 7 heteroatoms. The van der Waals surface area contributed by atoms with Crippen LogP contribution in [0.3, 0.4) is 0 Å². The van der Waals surface area contributed by atoms with E-state index in [-0.39, 0.29) is 6.42 Å². The van der Waals surface area contributed by atoms with Gasteiger partial charge in [-0.3, -0.25) is 0 Å². The van der Waals surface area contributed by atoms with Crippen LogP contribution in [-0.4, -0.2) is 67.1 Å². The van der Waals surface area contributed by atoms with Gasteiger partial charge in [0.2, 0.25) is 0 Å². The Labute approximate surface area is 115 Å². The normalized spacial score (nSPS) is 36.8. The fourth-order valence-corrected chi connectivity index (χ4v) is 2.33. The molecule has 1 saturated heterocycles. The van der Waals surface area contributed by atoms with Crippen molar-refractivity contribution in [2.75, 3.05) is 6.61 Å². The molecule has 4 atom stereocenters. The lowest BCUT2D eigenvalue weighted by atomic mass is 9.80. The Morgan fingerprint density at radius 3 is 2.20 bits per heavy atom. The first-order chi connectivity index (χ1) is 9.32. The first-order valence-electron chi connectivity index (χ1n) is 6.17. The van der Waals surface area contributed by atoms with E-state index in [1.165, 1.54) is 0 Å². The third-order valence-corrected chi connectivity index (χ3v) is 3.57. The maximum absolute atomic E-state index is 10.4. The van der Waals surface area contributed by atoms with Gasteiger partial charge in [-0.1, -0.05) is 30.3 Å². The monoisotopic (exact) mass is 286 g/mol. The van der Waals surface area contributed by atoms with Gasteiger partial charge in [0.1, 0.15) is 18.3 Å². The lowest BCUT2D eigenvalue weighted by molar-refractivity contribution is -0.468. The minimum absolute atomic E-state index is 0.350. The highest BCUT2D eigenvalue weighted by molar-refractivity contribution is 5.20. The predicted molar refractivity (Wildman–Crippen MR) is 66.2 cm³/mol. The zero-order valence-electron chi connectivity index (χ0n) is 10.6. The van der Waals surface area contributed by atoms with Crippen LogP contribution < -0.4 is 0 Å². The second kappa shape index (κ2) is 5.38. The summed E-state index contributed by atoms with van der Waals surface area (Å²) < 4.78 is 4.69. The van der Waals surface area contributed by atoms with E-state index in [0.29, 0.717) is 5.56 Å². The Hall–Kier alpha value is -1.06. The van der Waals surface area contributed by atoms with Gasteiger partial charge in [0.05, 0.1) is 6.61 Å². The molecule has 112 valence electrons. The van der Waals surface area contributed by atoms with Gasteiger partial charge in [-0.25, -0.2) is 0 Å². The van der Waals surface area contributed by atoms with Crippen LogP contribution in [0, 0.1) is 0 Å². The Bertz CT molecular complexity index is 449. The van der Waals surface area contributed by atoms with Crippen molar-refractivity contribution in [3.05, 3.63) is 35.9 Å². The average molecular weight is 286 g/mol. The Kier molecular flexibility index (Phi) is 4.12. The third kappa shape index (κ3) is 2.45. The minimum Gasteiger partial charge on any atom is -0.394 e. The van der Waals surface area contributed by atoms with Gasteiger partial charge in [-0.05, 0) is 5.56 Å². The summed E-state index contributed by atoms with van der Waals surface area (Å²) in [4.78, 5) is 0. The summed E-state index contributed by atoms with van der Waals surface area (Å²) in [5, 5.41) is 58.8. The van der Waals surface area contributed by atoms with Crippen molar-refractivity contribution in [2.45, 2.75) is 36.3 Å². The molecule has 6 N–H and O–H groups in total. The van der Waals surface area contributed by atoms with Crippen LogP contribution in [-0.2, 0) is 11.2 Å². The maximum atomic E-state index is 10.4. The summed E-state index contributed by atoms with van der Waals surface area (Å²) >= 11 is 0. The number of benzene rings is 1. The van der Waals surface area contributed by atoms with E-state index in [1.807, 2.05) is 0 Å². The van der Waals surface area contributed by atoms with Gasteiger partial charge in [0.15, 0.2) is 5.60 Å². The number of rotatable bonds is 3. The van der Waals surface area contributed by atoms with E-state index in [0.717, 1.165) is 0 Å². The zero-order chi connectivity index (χ0) is 15.0. The SMILES string of the molecule is OC[C@H]1OC(O)(O)[C@@](O)(Cc2ccccc2)[C@@H](O)[C@@H]1O. The van der Waals surface area contributed by atoms with Crippen LogP contribution >= 0.6 is 0 Å². The first-order valence-corrected chi connectivity index (χ1v) is 6.17. The summed E-state index contributed by atoms with van der Waals surface area (Å²) in [7, 11) is 0. The predicted octanol–water partition coefficient (Wildman–Crippen LogP) is -2.29. The van der Waals surface area contributed by atoms with Crippen LogP contribution in [0.5, 0.6) is 0 Å². The van der Waals surface area contributed by atoms with Crippen molar-refractivity contribution >= 4 is 0 Å². The van der Waals surface area contributed by atoms with Gasteiger partial charge in [0.25, 0.3) is 0 Å². The first kappa shape index (κ1) is 15.3. The summed E-state index contributed by atoms with van der Waals surface area (Å²) in [6.07, 6.45) is -5.31. The molecule has 0 aliphatic carbocycles. The van der Waals surface area contributed by atoms with Crippen LogP contribution in [0.2, 0.25) is 0 Å². The van der Waals surface area contributed by atoms with E-state index in [1.54, 1.807) is 30.3 Å². The summed E-state index contributed by atoms with van der Waals surface area (Å²) in [5.74, 6) is -3.10. The number of hydrogen-bond acceptors (Lipinski definition) is 7. The lowest BCUT2D eigenvalue weighted by Crippen LogP contribution is -2.73. The van der Waals surface area contributed by atoms with E-state index in [4.69, 9.17) is 9.84 Å². The number of aliphatic hydroxyl groups is 6. The van der Waals surface area contributed by atoms with Crippen molar-refractivity contribution in [1.82, 2.24) is 0 Å². The molecule has 1 heterocycles. The Morgan fingerprint density at radius 2 is 1.65 bits per heavy atom. The van der Waals surface area contributed by atoms with E-state index in [9.17, 15) is 25.5 Å². The van der Waals surface area contributed by atoms with E-state index >= 15 is 0 Å². The van der Waals surface area contributed by atoms with Gasteiger partial charge >= 0.3 is 5.97 Å². The molecule has 7 nitrogen and oxygen atoms in total. The highest BCUT2D eigenvalue weighted by atomic mass is 16.8. The van der Waals surface area contributed by atoms with Crippen molar-refractivity contribution < 1.29 is 35.4 Å². The van der Waals surface area contributed by atoms with Crippen molar-refractivity contribution in [3.63, 3.8) is 0 Å². The summed E-state index contributed by atoms with van der Waals surface area (Å²) in [6.45, 7) is -0.734. The summed E-state index contributed by atoms with van der Waals surface area (Å²) in [5.41, 5.74) is -2.01. The highest BCUT2D eigenvalue weighted by Crippen LogP contribution is 2.37. The van der Waals surface area contributed by atoms with Crippen LogP contribution in [0.25, 0.3) is 0 Å². The minimum atomic E-state index is -3.10. The van der Waals surface area contributed by atoms with E-state index in [2.05, 4.69) is 0 Å². The number of ether oxygens (including phenoxy) is 1. The fourth-order valence-electron chi connectivity index (χ4n) is 2.33. The molecule has 20 heavy (non-hydrogen) atoms. The van der Waals surface area contributed by atoms with E-state index < -0.39 is 36.5 Å². The molecule has 1 aliphatic heterocycles. The number of aliphatic hydroxyl groups excluding tert-OH is 3. The molecule has 0 amide bonds. The van der Waals surface area contributed by atoms with Gasteiger partial charge < -0.3 is 35.4 Å². The summed E-state index contributed by atoms with van der Waals surface area (Å²) in [6, 6.07) is 8.33. The van der Waals surface area contributed by atoms with Gasteiger partial charge in [-0.15, -0.1) is 0 Å². The smallest absolute Gasteiger partial charge is 0.312 e. The van der Waals surface area contributed by atoms with Crippen LogP contribution in [0.1, 0.15) is 5.56 Å². The largest absolute Gasteiger partial charge is 0.394 e. The average Bonchev–Trinajstić information content (AvgIpc) is 2.42. The van der Waals surface area contributed by atoms with Crippen LogP contribution in [0.15, 0.2) is 30.3 Å². The molecular weight excluding hydrogens is 268 g/mol. The molecule has 1 aromatic carbocycles. The molecule has 1 aromatic rings. The molecule has 0 unspecified atom stereocenters. The lowest BCUT2D eigenvalue weighted by Gasteiger charge is -2.50. The highest BCUT2D eigenvalue weighted by Gasteiger charge is 2.63. The molecule has 0 saturated carbocycles. The third-order valence-electron chi connectivity index (χ3n) is 3.57. The molecule has 0 spiro atoms. The standard InChI is InChI=1S/C13H18O7/c14-7-9-10(15)11(16)12(17,13(18,19)20-9)6-8-4-2-1-3-5-8/h1-5,9-11,14-19H,6-7H2/t9-,10-,11+,12-/m1/s1. The molecule has 0 aromatic heterocycles. The number of hydrogen-bond donors (Lipinski definition) is 6. The molecule has 1 fully saturated rings. The molecule has 2 rings (SSSR count). The Balaban J connectivity index is 2.32. The molecule has 1 aliphatic rings. The maximum Gasteiger partial charge on any atom is 0.312 e. The fraction of sp³-hybridized carbons (Fsp3) is 0.538. The second-order valence-corrected chi connectivity index (χ2v) is 4.97. The molecule has 0 radical (unpaired) electrons. The second-order valence-electron chi connectivity index (χ2n) is 4.97. The topological polar surface area (TPSA) is 131 Å². The van der Waals surface area contributed by atoms with Gasteiger partial charge in [-0.2, -0.15) is 0 Å². The quantitative estimate of drug-likeness (QED) is 0.345. The van der Waals surface area contributed by atoms with Gasteiger partial charge in [0, 0.05) is 6.42 Å². The Morgan fingerprint density at radius 1 is 1.05 bits per heavy atom. The van der Waals surface area contributed by atoms with Crippen molar-refractivity contribution in [1.29, 1.82) is 0 Å². The van der Waals surface area contributed by atoms with Crippen molar-refractivity contribution in [3.8, 4) is 0 Å². The molecular formula is C13H18O7. The molecule has 0 bridgehead atoms. The zero-order valence-corrected chi connectivity index (χ0v) is 10.6. The van der Waals surface area contributed by atoms with Crippen LogP contribution in [0.4, 0.5) is 0 Å².